The highest BCUT2D eigenvalue weighted by Crippen LogP contribution is 2.55. The number of nitrogens with two attached hydrogens (primary N) is 2. The van der Waals surface area contributed by atoms with Crippen LogP contribution in [0.4, 0.5) is 0 Å². The highest BCUT2D eigenvalue weighted by atomic mass is 16.7. The van der Waals surface area contributed by atoms with Gasteiger partial charge in [0.25, 0.3) is 0 Å². The Kier molecular flexibility index (Phi) is 14.9. The molecule has 2 saturated heterocycles. The predicted octanol–water partition coefficient (Wildman–Crippen LogP) is 0.878. The van der Waals surface area contributed by atoms with Gasteiger partial charge in [0.05, 0.1) is 95.6 Å². The molecular formula is C56H60N6O20. The van der Waals surface area contributed by atoms with Crippen molar-refractivity contribution in [2.75, 3.05) is 14.2 Å². The van der Waals surface area contributed by atoms with Crippen LogP contribution < -0.4 is 31.8 Å². The number of carbonyl (C=O) groups is 6. The van der Waals surface area contributed by atoms with Crippen molar-refractivity contribution < 1.29 is 98.0 Å². The largest absolute Gasteiger partial charge is 0.507 e. The molecule has 4 aromatic rings. The summed E-state index contributed by atoms with van der Waals surface area (Å²) in [6.07, 6.45) is -11.7. The first-order valence-corrected chi connectivity index (χ1v) is 26.1. The Hall–Kier alpha value is -7.76. The number of fused-ring (bicyclic) bond motifs is 6. The van der Waals surface area contributed by atoms with Crippen molar-refractivity contribution in [2.24, 2.45) is 21.7 Å². The number of nitrogens with one attached hydrogen (secondary N) is 2. The third kappa shape index (κ3) is 9.33. The molecule has 0 saturated carbocycles. The summed E-state index contributed by atoms with van der Waals surface area (Å²) in [5.41, 5.74) is 7.71. The molecule has 434 valence electrons. The fourth-order valence-electron chi connectivity index (χ4n) is 11.9. The Labute approximate surface area is 466 Å². The molecular weight excluding hydrogens is 1080 g/mol. The number of hydrazone groups is 2. The second kappa shape index (κ2) is 21.2. The van der Waals surface area contributed by atoms with Gasteiger partial charge in [0.1, 0.15) is 45.7 Å². The quantitative estimate of drug-likeness (QED) is 0.0392. The van der Waals surface area contributed by atoms with Gasteiger partial charge in [0.15, 0.2) is 24.1 Å². The third-order valence-electron chi connectivity index (χ3n) is 16.5. The monoisotopic (exact) mass is 1140 g/mol. The first-order valence-electron chi connectivity index (χ1n) is 26.1. The van der Waals surface area contributed by atoms with Crippen LogP contribution in [0.2, 0.25) is 0 Å². The van der Waals surface area contributed by atoms with Crippen molar-refractivity contribution in [2.45, 2.75) is 139 Å². The standard InChI is InChI=1S/C56H60N6O20/c1-19-43(63)27(57)13-33(79-19)81-31-17-55(75,15-25-37(31)51(71)41-39(47(25)67)45(65)23-9-7-11-29(77-5)35(23)49(41)69)21(3)59-61-53(73)54(74)62-60-22(4)56(76)16-26-38(32(18-56)82-34-14-28(58)44(64)20(2)80-34)52(72)42-40(48(26)68)46(66)24-10-8-12-30(78-6)36(24)50(42)70/h7-12,19-20,27-28,31-34,43-44,63-64,67-68,71-72,75-76H,13-18,57-58H2,1-6H3,(H,61,73)(H,62,74)/b59-21+,60-22+. The van der Waals surface area contributed by atoms with E-state index >= 15 is 0 Å². The van der Waals surface area contributed by atoms with Gasteiger partial charge in [-0.05, 0) is 39.8 Å². The second-order valence-electron chi connectivity index (χ2n) is 21.4. The zero-order chi connectivity index (χ0) is 59.3. The van der Waals surface area contributed by atoms with Crippen LogP contribution in [0.25, 0.3) is 0 Å². The molecule has 10 rings (SSSR count). The van der Waals surface area contributed by atoms with Crippen LogP contribution in [0.3, 0.4) is 0 Å². The smallest absolute Gasteiger partial charge is 0.331 e. The molecule has 0 radical (unpaired) electrons. The summed E-state index contributed by atoms with van der Waals surface area (Å²) in [7, 11) is 2.58. The van der Waals surface area contributed by atoms with Gasteiger partial charge in [-0.3, -0.25) is 28.8 Å². The summed E-state index contributed by atoms with van der Waals surface area (Å²) < 4.78 is 35.1. The molecule has 12 atom stereocenters. The minimum absolute atomic E-state index is 0.0266. The maximum absolute atomic E-state index is 14.2. The van der Waals surface area contributed by atoms with Gasteiger partial charge in [-0.1, -0.05) is 24.3 Å². The van der Waals surface area contributed by atoms with E-state index in [1.807, 2.05) is 10.9 Å². The lowest BCUT2D eigenvalue weighted by atomic mass is 9.71. The molecule has 26 heteroatoms. The molecule has 2 aliphatic heterocycles. The van der Waals surface area contributed by atoms with Gasteiger partial charge in [-0.2, -0.15) is 10.2 Å². The zero-order valence-electron chi connectivity index (χ0n) is 45.0. The highest BCUT2D eigenvalue weighted by Gasteiger charge is 2.52. The molecule has 4 aliphatic carbocycles. The number of phenolic OH excluding ortho intramolecular Hbond substituents is 4. The Morgan fingerprint density at radius 2 is 0.939 bits per heavy atom. The number of methoxy groups -OCH3 is 2. The van der Waals surface area contributed by atoms with Gasteiger partial charge in [0, 0.05) is 84.0 Å². The fraction of sp³-hybridized carbons (Fsp3) is 0.429. The topological polar surface area (TPSA) is 420 Å². The normalized spacial score (nSPS) is 29.6. The number of aliphatic hydroxyl groups is 4. The van der Waals surface area contributed by atoms with E-state index in [9.17, 15) is 69.6 Å². The number of aliphatic hydroxyl groups excluding tert-OH is 2. The Balaban J connectivity index is 0.927. The number of phenols is 4. The number of nitrogens with zero attached hydrogens (tertiary/aromatic N) is 2. The Morgan fingerprint density at radius 3 is 1.28 bits per heavy atom. The zero-order valence-corrected chi connectivity index (χ0v) is 45.0. The molecule has 2 heterocycles. The van der Waals surface area contributed by atoms with E-state index in [4.69, 9.17) is 39.9 Å². The second-order valence-corrected chi connectivity index (χ2v) is 21.4. The summed E-state index contributed by atoms with van der Waals surface area (Å²) >= 11 is 0. The van der Waals surface area contributed by atoms with E-state index in [1.165, 1.54) is 64.5 Å². The van der Waals surface area contributed by atoms with Crippen LogP contribution in [-0.4, -0.2) is 162 Å². The van der Waals surface area contributed by atoms with Crippen molar-refractivity contribution >= 4 is 46.4 Å². The maximum atomic E-state index is 14.2. The minimum atomic E-state index is -2.22. The lowest BCUT2D eigenvalue weighted by molar-refractivity contribution is -0.246. The van der Waals surface area contributed by atoms with Crippen LogP contribution >= 0.6 is 0 Å². The first-order chi connectivity index (χ1) is 38.7. The number of hydrogen-bond acceptors (Lipinski definition) is 24. The van der Waals surface area contributed by atoms with Crippen LogP contribution in [-0.2, 0) is 41.4 Å². The van der Waals surface area contributed by atoms with E-state index in [1.54, 1.807) is 13.8 Å². The molecule has 4 aromatic carbocycles. The van der Waals surface area contributed by atoms with Gasteiger partial charge >= 0.3 is 11.8 Å². The SMILES string of the molecule is COc1cccc2c1C(=O)c1c(O)c3c(c(O)c1C2=O)CC(O)(/C(C)=N/NC(=O)C(=O)N/N=C(\C)C1(O)Cc2c(O)c4c(c(O)c2C(OC2CC(N)C(O)C(C)O2)C1)C(=O)c1c(OC)cccc1C4=O)CC3OC1CC(N)C(O)C(C)O1. The van der Waals surface area contributed by atoms with Crippen molar-refractivity contribution in [3.63, 3.8) is 0 Å². The number of benzene rings is 4. The van der Waals surface area contributed by atoms with E-state index in [0.717, 1.165) is 0 Å². The van der Waals surface area contributed by atoms with Gasteiger partial charge < -0.3 is 80.7 Å². The van der Waals surface area contributed by atoms with Crippen molar-refractivity contribution in [1.29, 1.82) is 0 Å². The fourth-order valence-corrected chi connectivity index (χ4v) is 11.9. The summed E-state index contributed by atoms with van der Waals surface area (Å²) in [5.74, 6) is -9.33. The number of carbonyl (C=O) groups excluding carboxylic acids is 6. The average molecular weight is 1140 g/mol. The van der Waals surface area contributed by atoms with Crippen LogP contribution in [0.5, 0.6) is 34.5 Å². The van der Waals surface area contributed by atoms with Crippen LogP contribution in [0.15, 0.2) is 46.6 Å². The summed E-state index contributed by atoms with van der Waals surface area (Å²) in [6, 6.07) is 6.80. The first kappa shape index (κ1) is 57.5. The molecule has 0 aromatic heterocycles. The Bertz CT molecular complexity index is 3240. The number of amides is 2. The average Bonchev–Trinajstić information content (AvgIpc) is 1.15. The number of aromatic hydroxyl groups is 4. The van der Waals surface area contributed by atoms with Gasteiger partial charge in [-0.15, -0.1) is 0 Å². The Morgan fingerprint density at radius 1 is 0.585 bits per heavy atom. The number of ketones is 4. The maximum Gasteiger partial charge on any atom is 0.331 e. The number of ether oxygens (including phenoxy) is 6. The van der Waals surface area contributed by atoms with Crippen molar-refractivity contribution in [3.05, 3.63) is 103 Å². The number of hydrogen-bond donors (Lipinski definition) is 12. The molecule has 2 fully saturated rings. The summed E-state index contributed by atoms with van der Waals surface area (Å²) in [5, 5.41) is 102. The molecule has 6 aliphatic rings. The molecule has 12 unspecified atom stereocenters. The van der Waals surface area contributed by atoms with E-state index in [0.29, 0.717) is 0 Å². The lowest BCUT2D eigenvalue weighted by Crippen LogP contribution is -2.52. The molecule has 26 nitrogen and oxygen atoms in total. The molecule has 82 heavy (non-hydrogen) atoms. The molecule has 0 spiro atoms. The summed E-state index contributed by atoms with van der Waals surface area (Å²) in [6.45, 7) is 5.60. The lowest BCUT2D eigenvalue weighted by Gasteiger charge is -2.42. The van der Waals surface area contributed by atoms with Crippen LogP contribution in [0.1, 0.15) is 152 Å². The highest BCUT2D eigenvalue weighted by molar-refractivity contribution is 6.35. The molecule has 0 bridgehead atoms. The van der Waals surface area contributed by atoms with E-state index < -0.39 is 178 Å². The number of rotatable bonds is 10. The van der Waals surface area contributed by atoms with Crippen LogP contribution in [0, 0.1) is 0 Å². The van der Waals surface area contributed by atoms with Gasteiger partial charge in [-0.25, -0.2) is 10.9 Å². The van der Waals surface area contributed by atoms with E-state index in [-0.39, 0.29) is 80.3 Å². The van der Waals surface area contributed by atoms with Gasteiger partial charge in [0.2, 0.25) is 11.6 Å². The third-order valence-corrected chi connectivity index (χ3v) is 16.5. The van der Waals surface area contributed by atoms with Crippen molar-refractivity contribution in [3.8, 4) is 34.5 Å². The van der Waals surface area contributed by atoms with E-state index in [2.05, 4.69) is 10.2 Å². The predicted molar refractivity (Wildman–Crippen MR) is 282 cm³/mol. The van der Waals surface area contributed by atoms with Crippen molar-refractivity contribution in [1.82, 2.24) is 10.9 Å². The molecule has 14 N–H and O–H groups in total. The summed E-state index contributed by atoms with van der Waals surface area (Å²) in [4.78, 5) is 83.5. The molecule has 2 amide bonds. The minimum Gasteiger partial charge on any atom is -0.507 e.